The molecule has 0 bridgehead atoms. The van der Waals surface area contributed by atoms with Gasteiger partial charge in [0.2, 0.25) is 0 Å². The van der Waals surface area contributed by atoms with Crippen LogP contribution in [0.5, 0.6) is 0 Å². The summed E-state index contributed by atoms with van der Waals surface area (Å²) in [7, 11) is 0. The molecule has 1 atom stereocenters. The van der Waals surface area contributed by atoms with E-state index >= 15 is 0 Å². The van der Waals surface area contributed by atoms with Crippen LogP contribution in [-0.2, 0) is 4.74 Å². The fourth-order valence-corrected chi connectivity index (χ4v) is 2.58. The number of nitrogens with one attached hydrogen (secondary N) is 1. The Labute approximate surface area is 113 Å². The minimum atomic E-state index is 0.332. The van der Waals surface area contributed by atoms with Crippen LogP contribution in [0, 0.1) is 11.3 Å². The average Bonchev–Trinajstić information content (AvgIpc) is 2.40. The van der Waals surface area contributed by atoms with Crippen LogP contribution < -0.4 is 5.32 Å². The molecule has 1 aliphatic heterocycles. The number of hydrogen-bond acceptors (Lipinski definition) is 3. The fourth-order valence-electron chi connectivity index (χ4n) is 2.58. The van der Waals surface area contributed by atoms with E-state index in [1.165, 1.54) is 13.0 Å². The summed E-state index contributed by atoms with van der Waals surface area (Å²) in [5, 5.41) is 3.58. The van der Waals surface area contributed by atoms with Crippen molar-refractivity contribution in [3.05, 3.63) is 0 Å². The molecule has 1 aliphatic rings. The first-order chi connectivity index (χ1) is 8.39. The van der Waals surface area contributed by atoms with Crippen molar-refractivity contribution in [1.82, 2.24) is 10.2 Å². The molecule has 0 aromatic rings. The van der Waals surface area contributed by atoms with Crippen molar-refractivity contribution in [2.75, 3.05) is 39.3 Å². The van der Waals surface area contributed by atoms with Gasteiger partial charge in [0.05, 0.1) is 6.10 Å². The number of ether oxygens (including phenoxy) is 1. The highest BCUT2D eigenvalue weighted by atomic mass is 16.5. The minimum Gasteiger partial charge on any atom is -0.377 e. The molecule has 1 rings (SSSR count). The molecule has 0 radical (unpaired) electrons. The van der Waals surface area contributed by atoms with E-state index in [1.807, 2.05) is 0 Å². The van der Waals surface area contributed by atoms with Crippen molar-refractivity contribution in [2.24, 2.45) is 11.3 Å². The van der Waals surface area contributed by atoms with Gasteiger partial charge in [-0.25, -0.2) is 0 Å². The van der Waals surface area contributed by atoms with Crippen molar-refractivity contribution in [1.29, 1.82) is 0 Å². The Morgan fingerprint density at radius 3 is 2.78 bits per heavy atom. The van der Waals surface area contributed by atoms with Gasteiger partial charge in [-0.2, -0.15) is 0 Å². The Bertz CT molecular complexity index is 229. The molecule has 0 aliphatic carbocycles. The molecule has 1 fully saturated rings. The van der Waals surface area contributed by atoms with Crippen molar-refractivity contribution in [3.63, 3.8) is 0 Å². The van der Waals surface area contributed by atoms with E-state index in [1.54, 1.807) is 0 Å². The number of hydrogen-bond donors (Lipinski definition) is 1. The lowest BCUT2D eigenvalue weighted by molar-refractivity contribution is 0.0616. The highest BCUT2D eigenvalue weighted by Crippen LogP contribution is 2.18. The third-order valence-electron chi connectivity index (χ3n) is 3.34. The van der Waals surface area contributed by atoms with Crippen molar-refractivity contribution in [2.45, 2.75) is 47.1 Å². The normalized spacial score (nSPS) is 23.3. The lowest BCUT2D eigenvalue weighted by Crippen LogP contribution is -2.43. The van der Waals surface area contributed by atoms with E-state index in [0.29, 0.717) is 11.5 Å². The lowest BCUT2D eigenvalue weighted by Gasteiger charge is -2.33. The predicted octanol–water partition coefficient (Wildman–Crippen LogP) is 2.37. The van der Waals surface area contributed by atoms with Crippen LogP contribution in [0.25, 0.3) is 0 Å². The summed E-state index contributed by atoms with van der Waals surface area (Å²) >= 11 is 0. The van der Waals surface area contributed by atoms with E-state index in [0.717, 1.165) is 38.7 Å². The topological polar surface area (TPSA) is 24.5 Å². The second-order valence-electron chi connectivity index (χ2n) is 6.96. The first-order valence-corrected chi connectivity index (χ1v) is 7.44. The summed E-state index contributed by atoms with van der Waals surface area (Å²) in [5.41, 5.74) is 0.332. The smallest absolute Gasteiger partial charge is 0.0673 e. The van der Waals surface area contributed by atoms with Crippen LogP contribution in [0.4, 0.5) is 0 Å². The number of rotatable bonds is 6. The molecular weight excluding hydrogens is 224 g/mol. The zero-order chi connectivity index (χ0) is 13.6. The fraction of sp³-hybridized carbons (Fsp3) is 1.00. The summed E-state index contributed by atoms with van der Waals surface area (Å²) < 4.78 is 5.70. The molecule has 3 heteroatoms. The van der Waals surface area contributed by atoms with Gasteiger partial charge in [-0.05, 0) is 31.2 Å². The molecule has 0 saturated carbocycles. The van der Waals surface area contributed by atoms with Gasteiger partial charge in [-0.1, -0.05) is 27.7 Å². The van der Waals surface area contributed by atoms with E-state index < -0.39 is 0 Å². The third kappa shape index (κ3) is 6.72. The Balaban J connectivity index is 2.33. The highest BCUT2D eigenvalue weighted by Gasteiger charge is 2.24. The van der Waals surface area contributed by atoms with Crippen LogP contribution in [0.3, 0.4) is 0 Å². The summed E-state index contributed by atoms with van der Waals surface area (Å²) in [6, 6.07) is 0. The molecule has 1 saturated heterocycles. The van der Waals surface area contributed by atoms with Gasteiger partial charge in [0, 0.05) is 32.8 Å². The molecule has 1 N–H and O–H groups in total. The summed E-state index contributed by atoms with van der Waals surface area (Å²) in [6.07, 6.45) is 1.55. The number of nitrogens with zero attached hydrogens (tertiary/aromatic N) is 1. The van der Waals surface area contributed by atoms with E-state index in [4.69, 9.17) is 4.74 Å². The summed E-state index contributed by atoms with van der Waals surface area (Å²) in [6.45, 7) is 18.0. The SMILES string of the molecule is CC(C)CNCC(C)(C)CN1CCCOC(C)C1. The van der Waals surface area contributed by atoms with Gasteiger partial charge in [0.25, 0.3) is 0 Å². The molecule has 3 nitrogen and oxygen atoms in total. The van der Waals surface area contributed by atoms with Crippen LogP contribution in [-0.4, -0.2) is 50.3 Å². The maximum absolute atomic E-state index is 5.70. The molecule has 108 valence electrons. The molecule has 0 spiro atoms. The van der Waals surface area contributed by atoms with E-state index in [2.05, 4.69) is 44.8 Å². The maximum atomic E-state index is 5.70. The molecule has 0 aromatic heterocycles. The summed E-state index contributed by atoms with van der Waals surface area (Å²) in [4.78, 5) is 2.56. The molecule has 0 amide bonds. The Hall–Kier alpha value is -0.120. The van der Waals surface area contributed by atoms with E-state index in [9.17, 15) is 0 Å². The second-order valence-corrected chi connectivity index (χ2v) is 6.96. The van der Waals surface area contributed by atoms with Crippen LogP contribution in [0.1, 0.15) is 41.0 Å². The molecular formula is C15H32N2O. The highest BCUT2D eigenvalue weighted by molar-refractivity contribution is 4.78. The Kier molecular flexibility index (Phi) is 6.61. The quantitative estimate of drug-likeness (QED) is 0.789. The van der Waals surface area contributed by atoms with Gasteiger partial charge >= 0.3 is 0 Å². The van der Waals surface area contributed by atoms with Crippen LogP contribution in [0.15, 0.2) is 0 Å². The largest absolute Gasteiger partial charge is 0.377 e. The predicted molar refractivity (Wildman–Crippen MR) is 78.0 cm³/mol. The zero-order valence-corrected chi connectivity index (χ0v) is 13.0. The monoisotopic (exact) mass is 256 g/mol. The lowest BCUT2D eigenvalue weighted by atomic mass is 9.92. The van der Waals surface area contributed by atoms with Crippen molar-refractivity contribution >= 4 is 0 Å². The Morgan fingerprint density at radius 2 is 2.11 bits per heavy atom. The van der Waals surface area contributed by atoms with Crippen molar-refractivity contribution in [3.8, 4) is 0 Å². The Morgan fingerprint density at radius 1 is 1.39 bits per heavy atom. The van der Waals surface area contributed by atoms with E-state index in [-0.39, 0.29) is 0 Å². The van der Waals surface area contributed by atoms with Gasteiger partial charge in [-0.3, -0.25) is 0 Å². The molecule has 18 heavy (non-hydrogen) atoms. The van der Waals surface area contributed by atoms with Crippen LogP contribution in [0.2, 0.25) is 0 Å². The third-order valence-corrected chi connectivity index (χ3v) is 3.34. The van der Waals surface area contributed by atoms with Gasteiger partial charge in [0.15, 0.2) is 0 Å². The zero-order valence-electron chi connectivity index (χ0n) is 13.0. The van der Waals surface area contributed by atoms with Gasteiger partial charge in [0.1, 0.15) is 0 Å². The second kappa shape index (κ2) is 7.46. The standard InChI is InChI=1S/C15H32N2O/c1-13(2)9-16-11-15(4,5)12-17-7-6-8-18-14(3)10-17/h13-14,16H,6-12H2,1-5H3. The maximum Gasteiger partial charge on any atom is 0.0673 e. The van der Waals surface area contributed by atoms with Gasteiger partial charge in [-0.15, -0.1) is 0 Å². The molecule has 1 heterocycles. The molecule has 0 aromatic carbocycles. The molecule has 1 unspecified atom stereocenters. The van der Waals surface area contributed by atoms with Gasteiger partial charge < -0.3 is 15.0 Å². The average molecular weight is 256 g/mol. The van der Waals surface area contributed by atoms with Crippen LogP contribution >= 0.6 is 0 Å². The minimum absolute atomic E-state index is 0.332. The first-order valence-electron chi connectivity index (χ1n) is 7.44. The van der Waals surface area contributed by atoms with Crippen molar-refractivity contribution < 1.29 is 4.74 Å². The first kappa shape index (κ1) is 15.9. The summed E-state index contributed by atoms with van der Waals surface area (Å²) in [5.74, 6) is 0.729.